The molecule has 0 aliphatic heterocycles. The maximum atomic E-state index is 13.2. The van der Waals surface area contributed by atoms with E-state index in [0.717, 1.165) is 13.0 Å². The van der Waals surface area contributed by atoms with Gasteiger partial charge in [0.1, 0.15) is 11.6 Å². The predicted octanol–water partition coefficient (Wildman–Crippen LogP) is 3.73. The monoisotopic (exact) mass is 273 g/mol. The average Bonchev–Trinajstić information content (AvgIpc) is 2.43. The minimum absolute atomic E-state index is 0.0882. The zero-order valence-corrected chi connectivity index (χ0v) is 11.9. The van der Waals surface area contributed by atoms with Crippen LogP contribution in [0, 0.1) is 12.7 Å². The lowest BCUT2D eigenvalue weighted by Crippen LogP contribution is -2.21. The highest BCUT2D eigenvalue weighted by Gasteiger charge is 2.10. The van der Waals surface area contributed by atoms with Crippen molar-refractivity contribution in [3.63, 3.8) is 0 Å². The minimum atomic E-state index is -0.328. The Kier molecular flexibility index (Phi) is 4.74. The lowest BCUT2D eigenvalue weighted by molar-refractivity contribution is 0.450. The molecule has 0 saturated heterocycles. The first-order valence-corrected chi connectivity index (χ1v) is 6.84. The zero-order valence-electron chi connectivity index (χ0n) is 11.9. The zero-order chi connectivity index (χ0) is 14.5. The summed E-state index contributed by atoms with van der Waals surface area (Å²) in [5.74, 6) is -0.201. The van der Waals surface area contributed by atoms with Gasteiger partial charge in [-0.15, -0.1) is 0 Å². The number of benzene rings is 2. The molecule has 1 atom stereocenters. The summed E-state index contributed by atoms with van der Waals surface area (Å²) >= 11 is 0. The Bertz CT molecular complexity index is 583. The van der Waals surface area contributed by atoms with Gasteiger partial charge in [0.15, 0.2) is 0 Å². The van der Waals surface area contributed by atoms with Gasteiger partial charge >= 0.3 is 0 Å². The smallest absolute Gasteiger partial charge is 0.123 e. The van der Waals surface area contributed by atoms with Gasteiger partial charge in [0.25, 0.3) is 0 Å². The van der Waals surface area contributed by atoms with Gasteiger partial charge in [-0.05, 0) is 56.1 Å². The first-order valence-electron chi connectivity index (χ1n) is 6.84. The number of phenols is 1. The first kappa shape index (κ1) is 14.5. The molecule has 0 aliphatic rings. The number of phenolic OH excluding ortho intramolecular Hbond substituents is 1. The molecule has 2 aromatic carbocycles. The van der Waals surface area contributed by atoms with Crippen molar-refractivity contribution in [3.05, 3.63) is 65.0 Å². The number of aryl methyl sites for hydroxylation is 1. The summed E-state index contributed by atoms with van der Waals surface area (Å²) in [4.78, 5) is 0. The SMILES string of the molecule is Cc1ccccc1CCNC(C)c1cc(F)ccc1O. The third kappa shape index (κ3) is 3.58. The molecule has 2 rings (SSSR count). The Labute approximate surface area is 119 Å². The Balaban J connectivity index is 1.94. The van der Waals surface area contributed by atoms with Gasteiger partial charge in [0.05, 0.1) is 0 Å². The quantitative estimate of drug-likeness (QED) is 0.870. The van der Waals surface area contributed by atoms with Crippen molar-refractivity contribution < 1.29 is 9.50 Å². The second kappa shape index (κ2) is 6.53. The van der Waals surface area contributed by atoms with Crippen molar-refractivity contribution in [2.75, 3.05) is 6.54 Å². The van der Waals surface area contributed by atoms with E-state index in [1.165, 1.54) is 29.3 Å². The molecule has 2 nitrogen and oxygen atoms in total. The largest absolute Gasteiger partial charge is 0.508 e. The Morgan fingerprint density at radius 2 is 1.95 bits per heavy atom. The van der Waals surface area contributed by atoms with Gasteiger partial charge in [0.2, 0.25) is 0 Å². The second-order valence-corrected chi connectivity index (χ2v) is 5.06. The normalized spacial score (nSPS) is 12.3. The summed E-state index contributed by atoms with van der Waals surface area (Å²) < 4.78 is 13.2. The number of aromatic hydroxyl groups is 1. The molecule has 3 heteroatoms. The molecule has 0 spiro atoms. The van der Waals surface area contributed by atoms with E-state index in [4.69, 9.17) is 0 Å². The maximum absolute atomic E-state index is 13.2. The van der Waals surface area contributed by atoms with Crippen molar-refractivity contribution in [3.8, 4) is 5.75 Å². The fourth-order valence-electron chi connectivity index (χ4n) is 2.30. The number of nitrogens with one attached hydrogen (secondary N) is 1. The van der Waals surface area contributed by atoms with E-state index in [0.29, 0.717) is 5.56 Å². The molecule has 0 bridgehead atoms. The first-order chi connectivity index (χ1) is 9.58. The van der Waals surface area contributed by atoms with E-state index in [2.05, 4.69) is 24.4 Å². The fraction of sp³-hybridized carbons (Fsp3) is 0.294. The standard InChI is InChI=1S/C17H20FNO/c1-12-5-3-4-6-14(12)9-10-19-13(2)16-11-15(18)7-8-17(16)20/h3-8,11,13,19-20H,9-10H2,1-2H3. The third-order valence-electron chi connectivity index (χ3n) is 3.56. The summed E-state index contributed by atoms with van der Waals surface area (Å²) in [5.41, 5.74) is 3.17. The van der Waals surface area contributed by atoms with Gasteiger partial charge in [-0.3, -0.25) is 0 Å². The van der Waals surface area contributed by atoms with Crippen LogP contribution in [0.5, 0.6) is 5.75 Å². The minimum Gasteiger partial charge on any atom is -0.508 e. The van der Waals surface area contributed by atoms with Crippen LogP contribution in [0.3, 0.4) is 0 Å². The summed E-state index contributed by atoms with van der Waals surface area (Å²) in [7, 11) is 0. The van der Waals surface area contributed by atoms with Crippen molar-refractivity contribution in [1.29, 1.82) is 0 Å². The average molecular weight is 273 g/mol. The van der Waals surface area contributed by atoms with Crippen molar-refractivity contribution in [1.82, 2.24) is 5.32 Å². The lowest BCUT2D eigenvalue weighted by atomic mass is 10.0. The molecule has 0 saturated carbocycles. The van der Waals surface area contributed by atoms with Crippen LogP contribution in [0.4, 0.5) is 4.39 Å². The molecule has 0 aromatic heterocycles. The highest BCUT2D eigenvalue weighted by atomic mass is 19.1. The molecular weight excluding hydrogens is 253 g/mol. The predicted molar refractivity (Wildman–Crippen MR) is 79.4 cm³/mol. The van der Waals surface area contributed by atoms with E-state index >= 15 is 0 Å². The molecule has 0 fully saturated rings. The van der Waals surface area contributed by atoms with Crippen LogP contribution in [0.1, 0.15) is 29.7 Å². The maximum Gasteiger partial charge on any atom is 0.123 e. The summed E-state index contributed by atoms with van der Waals surface area (Å²) in [5, 5.41) is 13.1. The molecule has 0 radical (unpaired) electrons. The van der Waals surface area contributed by atoms with E-state index in [1.807, 2.05) is 19.1 Å². The van der Waals surface area contributed by atoms with Crippen LogP contribution in [-0.2, 0) is 6.42 Å². The third-order valence-corrected chi connectivity index (χ3v) is 3.56. The van der Waals surface area contributed by atoms with Crippen molar-refractivity contribution >= 4 is 0 Å². The van der Waals surface area contributed by atoms with Crippen LogP contribution in [0.15, 0.2) is 42.5 Å². The van der Waals surface area contributed by atoms with Crippen LogP contribution in [-0.4, -0.2) is 11.7 Å². The molecular formula is C17H20FNO. The van der Waals surface area contributed by atoms with Crippen molar-refractivity contribution in [2.24, 2.45) is 0 Å². The number of rotatable bonds is 5. The number of hydrogen-bond donors (Lipinski definition) is 2. The summed E-state index contributed by atoms with van der Waals surface area (Å²) in [6.45, 7) is 4.80. The van der Waals surface area contributed by atoms with Gasteiger partial charge in [0, 0.05) is 11.6 Å². The Morgan fingerprint density at radius 1 is 1.20 bits per heavy atom. The van der Waals surface area contributed by atoms with Crippen LogP contribution >= 0.6 is 0 Å². The van der Waals surface area contributed by atoms with Crippen LogP contribution in [0.25, 0.3) is 0 Å². The molecule has 106 valence electrons. The van der Waals surface area contributed by atoms with Gasteiger partial charge in [-0.1, -0.05) is 24.3 Å². The molecule has 0 heterocycles. The van der Waals surface area contributed by atoms with E-state index in [1.54, 1.807) is 0 Å². The molecule has 0 amide bonds. The highest BCUT2D eigenvalue weighted by molar-refractivity contribution is 5.35. The van der Waals surface area contributed by atoms with Crippen molar-refractivity contribution in [2.45, 2.75) is 26.3 Å². The summed E-state index contributed by atoms with van der Waals surface area (Å²) in [6.07, 6.45) is 0.910. The van der Waals surface area contributed by atoms with Gasteiger partial charge in [-0.2, -0.15) is 0 Å². The van der Waals surface area contributed by atoms with Gasteiger partial charge in [-0.25, -0.2) is 4.39 Å². The molecule has 0 aliphatic carbocycles. The van der Waals surface area contributed by atoms with Gasteiger partial charge < -0.3 is 10.4 Å². The molecule has 2 N–H and O–H groups in total. The fourth-order valence-corrected chi connectivity index (χ4v) is 2.30. The van der Waals surface area contributed by atoms with E-state index in [-0.39, 0.29) is 17.6 Å². The Hall–Kier alpha value is -1.87. The molecule has 2 aromatic rings. The van der Waals surface area contributed by atoms with E-state index < -0.39 is 0 Å². The highest BCUT2D eigenvalue weighted by Crippen LogP contribution is 2.24. The van der Waals surface area contributed by atoms with E-state index in [9.17, 15) is 9.50 Å². The Morgan fingerprint density at radius 3 is 2.70 bits per heavy atom. The topological polar surface area (TPSA) is 32.3 Å². The van der Waals surface area contributed by atoms with Crippen LogP contribution < -0.4 is 5.32 Å². The second-order valence-electron chi connectivity index (χ2n) is 5.06. The molecule has 20 heavy (non-hydrogen) atoms. The molecule has 1 unspecified atom stereocenters. The lowest BCUT2D eigenvalue weighted by Gasteiger charge is -2.16. The summed E-state index contributed by atoms with van der Waals surface area (Å²) in [6, 6.07) is 12.2. The number of hydrogen-bond acceptors (Lipinski definition) is 2. The van der Waals surface area contributed by atoms with Crippen LogP contribution in [0.2, 0.25) is 0 Å². The number of halogens is 1.